The van der Waals surface area contributed by atoms with Crippen LogP contribution in [0.3, 0.4) is 0 Å². The Kier molecular flexibility index (Phi) is 6.07. The van der Waals surface area contributed by atoms with E-state index in [0.29, 0.717) is 0 Å². The van der Waals surface area contributed by atoms with Gasteiger partial charge in [-0.2, -0.15) is 5.26 Å². The van der Waals surface area contributed by atoms with Gasteiger partial charge in [0.1, 0.15) is 17.6 Å². The highest BCUT2D eigenvalue weighted by molar-refractivity contribution is 7.16. The summed E-state index contributed by atoms with van der Waals surface area (Å²) >= 11 is 1.72. The Morgan fingerprint density at radius 3 is 2.43 bits per heavy atom. The zero-order valence-corrected chi connectivity index (χ0v) is 20.6. The maximum atomic E-state index is 9.95. The number of hydrogen-bond acceptors (Lipinski definition) is 6. The van der Waals surface area contributed by atoms with Crippen molar-refractivity contribution in [1.82, 2.24) is 9.97 Å². The number of piperazine rings is 1. The molecular formula is C28H29N6S+. The van der Waals surface area contributed by atoms with E-state index in [9.17, 15) is 5.26 Å². The van der Waals surface area contributed by atoms with E-state index < -0.39 is 0 Å². The zero-order chi connectivity index (χ0) is 23.6. The fraction of sp³-hybridized carbons (Fsp3) is 0.321. The summed E-state index contributed by atoms with van der Waals surface area (Å²) in [5.41, 5.74) is 5.18. The van der Waals surface area contributed by atoms with Crippen LogP contribution in [-0.4, -0.2) is 36.1 Å². The monoisotopic (exact) mass is 481 g/mol. The van der Waals surface area contributed by atoms with Crippen molar-refractivity contribution < 1.29 is 4.90 Å². The van der Waals surface area contributed by atoms with E-state index in [-0.39, 0.29) is 0 Å². The van der Waals surface area contributed by atoms with Crippen molar-refractivity contribution in [1.29, 1.82) is 5.26 Å². The highest BCUT2D eigenvalue weighted by Crippen LogP contribution is 2.40. The molecule has 1 aliphatic carbocycles. The highest BCUT2D eigenvalue weighted by Gasteiger charge is 2.26. The van der Waals surface area contributed by atoms with Gasteiger partial charge in [0.05, 0.1) is 42.8 Å². The van der Waals surface area contributed by atoms with Crippen LogP contribution in [-0.2, 0) is 19.4 Å². The van der Waals surface area contributed by atoms with E-state index in [1.54, 1.807) is 16.2 Å². The Morgan fingerprint density at radius 2 is 1.66 bits per heavy atom. The van der Waals surface area contributed by atoms with E-state index in [2.05, 4.69) is 46.6 Å². The van der Waals surface area contributed by atoms with Gasteiger partial charge in [0, 0.05) is 10.4 Å². The first-order valence-corrected chi connectivity index (χ1v) is 13.3. The number of benzene rings is 2. The summed E-state index contributed by atoms with van der Waals surface area (Å²) in [6.07, 6.45) is 4.43. The third kappa shape index (κ3) is 4.47. The lowest BCUT2D eigenvalue weighted by Crippen LogP contribution is -3.13. The Hall–Kier alpha value is -3.47. The van der Waals surface area contributed by atoms with E-state index in [1.807, 2.05) is 24.3 Å². The van der Waals surface area contributed by atoms with Crippen molar-refractivity contribution >= 4 is 39.0 Å². The van der Waals surface area contributed by atoms with Gasteiger partial charge in [-0.1, -0.05) is 42.5 Å². The summed E-state index contributed by atoms with van der Waals surface area (Å²) in [7, 11) is 0. The topological polar surface area (TPSA) is 69.3 Å². The maximum absolute atomic E-state index is 9.95. The number of fused-ring (bicyclic) bond motifs is 2. The van der Waals surface area contributed by atoms with Gasteiger partial charge in [-0.05, 0) is 43.4 Å². The fourth-order valence-corrected chi connectivity index (χ4v) is 6.51. The number of quaternary nitrogens is 1. The van der Waals surface area contributed by atoms with Gasteiger partial charge in [-0.25, -0.2) is 9.97 Å². The van der Waals surface area contributed by atoms with Crippen molar-refractivity contribution in [3.05, 3.63) is 76.2 Å². The van der Waals surface area contributed by atoms with Gasteiger partial charge in [-0.3, -0.25) is 0 Å². The van der Waals surface area contributed by atoms with Crippen molar-refractivity contribution in [2.75, 3.05) is 36.4 Å². The summed E-state index contributed by atoms with van der Waals surface area (Å²) in [5.74, 6) is 1.64. The number of rotatable bonds is 5. The van der Waals surface area contributed by atoms with E-state index in [1.165, 1.54) is 22.4 Å². The van der Waals surface area contributed by atoms with Crippen molar-refractivity contribution in [2.24, 2.45) is 0 Å². The lowest BCUT2D eigenvalue weighted by molar-refractivity contribution is -0.914. The molecule has 6 nitrogen and oxygen atoms in total. The van der Waals surface area contributed by atoms with Gasteiger partial charge in [-0.15, -0.1) is 11.3 Å². The molecule has 0 saturated carbocycles. The normalized spacial score (nSPS) is 16.1. The molecule has 4 aromatic rings. The zero-order valence-electron chi connectivity index (χ0n) is 19.8. The molecule has 7 heteroatoms. The number of thiophene rings is 1. The van der Waals surface area contributed by atoms with Crippen LogP contribution in [0.5, 0.6) is 0 Å². The van der Waals surface area contributed by atoms with Crippen LogP contribution in [0.25, 0.3) is 11.0 Å². The average molecular weight is 482 g/mol. The molecule has 0 spiro atoms. The second-order valence-corrected chi connectivity index (χ2v) is 10.5. The number of nitrogens with one attached hydrogen (secondary N) is 2. The van der Waals surface area contributed by atoms with Gasteiger partial charge in [0.2, 0.25) is 0 Å². The molecule has 1 fully saturated rings. The predicted molar refractivity (Wildman–Crippen MR) is 142 cm³/mol. The number of anilines is 3. The third-order valence-corrected chi connectivity index (χ3v) is 8.34. The molecule has 0 unspecified atom stereocenters. The summed E-state index contributed by atoms with van der Waals surface area (Å²) in [4.78, 5) is 15.3. The van der Waals surface area contributed by atoms with E-state index in [4.69, 9.17) is 9.97 Å². The molecule has 0 bridgehead atoms. The average Bonchev–Trinajstić information content (AvgIpc) is 3.26. The van der Waals surface area contributed by atoms with Crippen LogP contribution in [0.15, 0.2) is 54.6 Å². The van der Waals surface area contributed by atoms with Gasteiger partial charge >= 0.3 is 0 Å². The number of nitrogens with zero attached hydrogens (tertiary/aromatic N) is 4. The first-order chi connectivity index (χ1) is 17.3. The SMILES string of the molecule is N#Cc1c(Nc2nc3ccccc3nc2N2CC[NH+](Cc3ccccc3)CC2)sc2c1CCCC2. The summed E-state index contributed by atoms with van der Waals surface area (Å²) < 4.78 is 0. The van der Waals surface area contributed by atoms with Crippen LogP contribution in [0.1, 0.15) is 34.4 Å². The maximum Gasteiger partial charge on any atom is 0.175 e. The Labute approximate surface area is 209 Å². The molecule has 2 N–H and O–H groups in total. The molecule has 35 heavy (non-hydrogen) atoms. The number of hydrogen-bond donors (Lipinski definition) is 2. The smallest absolute Gasteiger partial charge is 0.175 e. The minimum absolute atomic E-state index is 0.755. The summed E-state index contributed by atoms with van der Waals surface area (Å²) in [5, 5.41) is 14.4. The fourth-order valence-electron chi connectivity index (χ4n) is 5.27. The van der Waals surface area contributed by atoms with Crippen LogP contribution in [0.2, 0.25) is 0 Å². The quantitative estimate of drug-likeness (QED) is 0.449. The Morgan fingerprint density at radius 1 is 0.943 bits per heavy atom. The van der Waals surface area contributed by atoms with Crippen molar-refractivity contribution in [3.8, 4) is 6.07 Å². The molecule has 0 atom stereocenters. The summed E-state index contributed by atoms with van der Waals surface area (Å²) in [6.45, 7) is 5.01. The molecule has 1 saturated heterocycles. The molecule has 2 aromatic heterocycles. The molecule has 176 valence electrons. The second-order valence-electron chi connectivity index (χ2n) is 9.44. The number of aryl methyl sites for hydroxylation is 1. The standard InChI is InChI=1S/C28H28N6S/c29-18-22-21-10-4-7-13-25(21)35-28(22)32-26-27(31-24-12-6-5-11-23(24)30-26)34-16-14-33(15-17-34)19-20-8-2-1-3-9-20/h1-3,5-6,8-9,11-12H,4,7,10,13-17,19H2,(H,30,32)/p+1. The van der Waals surface area contributed by atoms with Gasteiger partial charge in [0.25, 0.3) is 0 Å². The van der Waals surface area contributed by atoms with E-state index >= 15 is 0 Å². The molecule has 3 heterocycles. The highest BCUT2D eigenvalue weighted by atomic mass is 32.1. The molecule has 1 aliphatic heterocycles. The Bertz CT molecular complexity index is 1380. The first kappa shape index (κ1) is 22.0. The molecular weight excluding hydrogens is 452 g/mol. The van der Waals surface area contributed by atoms with Crippen LogP contribution in [0.4, 0.5) is 16.6 Å². The Balaban J connectivity index is 1.29. The predicted octanol–water partition coefficient (Wildman–Crippen LogP) is 4.09. The van der Waals surface area contributed by atoms with Crippen molar-refractivity contribution in [2.45, 2.75) is 32.2 Å². The largest absolute Gasteiger partial charge is 0.342 e. The lowest BCUT2D eigenvalue weighted by Gasteiger charge is -2.33. The minimum atomic E-state index is 0.755. The molecule has 2 aromatic carbocycles. The number of nitriles is 1. The van der Waals surface area contributed by atoms with Crippen LogP contribution < -0.4 is 15.1 Å². The van der Waals surface area contributed by atoms with Crippen molar-refractivity contribution in [3.63, 3.8) is 0 Å². The van der Waals surface area contributed by atoms with Gasteiger partial charge in [0.15, 0.2) is 11.6 Å². The van der Waals surface area contributed by atoms with Gasteiger partial charge < -0.3 is 15.1 Å². The molecule has 2 aliphatic rings. The number of aromatic nitrogens is 2. The van der Waals surface area contributed by atoms with Crippen LogP contribution in [0, 0.1) is 11.3 Å². The van der Waals surface area contributed by atoms with E-state index in [0.717, 1.165) is 85.2 Å². The minimum Gasteiger partial charge on any atom is -0.342 e. The van der Waals surface area contributed by atoms with Crippen LogP contribution >= 0.6 is 11.3 Å². The summed E-state index contributed by atoms with van der Waals surface area (Å²) in [6, 6.07) is 21.2. The number of para-hydroxylation sites is 2. The second kappa shape index (κ2) is 9.65. The first-order valence-electron chi connectivity index (χ1n) is 12.5. The molecule has 0 amide bonds. The third-order valence-electron chi connectivity index (χ3n) is 7.13. The molecule has 6 rings (SSSR count). The molecule has 0 radical (unpaired) electrons. The lowest BCUT2D eigenvalue weighted by atomic mass is 9.96.